The van der Waals surface area contributed by atoms with E-state index in [-0.39, 0.29) is 6.10 Å². The summed E-state index contributed by atoms with van der Waals surface area (Å²) in [6, 6.07) is 0. The molecule has 1 saturated carbocycles. The van der Waals surface area contributed by atoms with Crippen molar-refractivity contribution in [2.45, 2.75) is 72.0 Å². The third-order valence-electron chi connectivity index (χ3n) is 5.86. The Morgan fingerprint density at radius 3 is 2.45 bits per heavy atom. The Hall–Kier alpha value is -0.860. The highest BCUT2D eigenvalue weighted by atomic mass is 16.3. The fraction of sp³-hybridized carbons (Fsp3) is 0.700. The van der Waals surface area contributed by atoms with Crippen LogP contribution < -0.4 is 0 Å². The van der Waals surface area contributed by atoms with Crippen LogP contribution in [0.1, 0.15) is 59.8 Å². The summed E-state index contributed by atoms with van der Waals surface area (Å²) in [5, 5.41) is 20.6. The summed E-state index contributed by atoms with van der Waals surface area (Å²) in [5.74, 6) is 1.18. The smallest absolute Gasteiger partial charge is 0.0782 e. The second-order valence-corrected chi connectivity index (χ2v) is 7.92. The predicted molar refractivity (Wildman–Crippen MR) is 92.5 cm³/mol. The number of allylic oxidation sites excluding steroid dienone is 2. The van der Waals surface area contributed by atoms with Gasteiger partial charge in [0.25, 0.3) is 0 Å². The maximum Gasteiger partial charge on any atom is 0.0782 e. The average molecular weight is 304 g/mol. The highest BCUT2D eigenvalue weighted by Crippen LogP contribution is 2.61. The lowest BCUT2D eigenvalue weighted by Crippen LogP contribution is -2.11. The molecular weight excluding hydrogens is 272 g/mol. The molecule has 2 rings (SSSR count). The molecule has 0 bridgehead atoms. The number of aliphatic hydroxyl groups excluding tert-OH is 2. The minimum absolute atomic E-state index is 0.304. The normalized spacial score (nSPS) is 36.7. The van der Waals surface area contributed by atoms with Crippen molar-refractivity contribution >= 4 is 0 Å². The van der Waals surface area contributed by atoms with Crippen molar-refractivity contribution in [3.8, 4) is 0 Å². The standard InChI is InChI=1S/C20H32O2/c1-13-6-10-18(21)14(2)8-9-16-17(20(16,4)5)12-15(3)19(22)11-7-13/h7,12,16-19,21-22H,2,6,8-11H2,1,3-5H3. The molecule has 0 spiro atoms. The van der Waals surface area contributed by atoms with Gasteiger partial charge in [-0.3, -0.25) is 0 Å². The molecule has 0 amide bonds. The van der Waals surface area contributed by atoms with Crippen molar-refractivity contribution < 1.29 is 10.2 Å². The number of fused-ring (bicyclic) bond motifs is 1. The molecule has 2 heteroatoms. The molecule has 2 aliphatic carbocycles. The quantitative estimate of drug-likeness (QED) is 0.651. The molecule has 0 radical (unpaired) electrons. The summed E-state index contributed by atoms with van der Waals surface area (Å²) >= 11 is 0. The SMILES string of the molecule is C=C1CCC2C(C=C(C)C(O)CC=C(C)CCC1O)C2(C)C. The van der Waals surface area contributed by atoms with Gasteiger partial charge in [-0.15, -0.1) is 0 Å². The van der Waals surface area contributed by atoms with Crippen LogP contribution in [0.25, 0.3) is 0 Å². The molecule has 4 atom stereocenters. The van der Waals surface area contributed by atoms with Crippen LogP contribution in [0.15, 0.2) is 35.5 Å². The minimum atomic E-state index is -0.395. The van der Waals surface area contributed by atoms with Crippen LogP contribution >= 0.6 is 0 Å². The van der Waals surface area contributed by atoms with Crippen LogP contribution in [0.2, 0.25) is 0 Å². The van der Waals surface area contributed by atoms with Gasteiger partial charge in [0.1, 0.15) is 0 Å². The first-order valence-corrected chi connectivity index (χ1v) is 8.61. The highest BCUT2D eigenvalue weighted by Gasteiger charge is 2.55. The van der Waals surface area contributed by atoms with Gasteiger partial charge in [0.05, 0.1) is 12.2 Å². The van der Waals surface area contributed by atoms with Crippen LogP contribution in [0.3, 0.4) is 0 Å². The van der Waals surface area contributed by atoms with E-state index in [9.17, 15) is 10.2 Å². The summed E-state index contributed by atoms with van der Waals surface area (Å²) < 4.78 is 0. The molecule has 1 fully saturated rings. The van der Waals surface area contributed by atoms with Crippen molar-refractivity contribution in [3.63, 3.8) is 0 Å². The van der Waals surface area contributed by atoms with Gasteiger partial charge in [-0.05, 0) is 74.3 Å². The Bertz CT molecular complexity index is 484. The van der Waals surface area contributed by atoms with E-state index >= 15 is 0 Å². The van der Waals surface area contributed by atoms with Gasteiger partial charge in [-0.2, -0.15) is 0 Å². The largest absolute Gasteiger partial charge is 0.389 e. The number of hydrogen-bond acceptors (Lipinski definition) is 2. The zero-order chi connectivity index (χ0) is 16.5. The van der Waals surface area contributed by atoms with E-state index in [2.05, 4.69) is 39.5 Å². The number of hydrogen-bond donors (Lipinski definition) is 2. The molecule has 4 unspecified atom stereocenters. The predicted octanol–water partition coefficient (Wildman–Crippen LogP) is 4.39. The topological polar surface area (TPSA) is 40.5 Å². The monoisotopic (exact) mass is 304 g/mol. The number of aliphatic hydroxyl groups is 2. The summed E-state index contributed by atoms with van der Waals surface area (Å²) in [6.07, 6.45) is 7.89. The van der Waals surface area contributed by atoms with Crippen molar-refractivity contribution in [2.24, 2.45) is 17.3 Å². The van der Waals surface area contributed by atoms with Crippen LogP contribution in [0.4, 0.5) is 0 Å². The molecular formula is C20H32O2. The second-order valence-electron chi connectivity index (χ2n) is 7.92. The Kier molecular flexibility index (Phi) is 5.34. The molecule has 0 aliphatic heterocycles. The highest BCUT2D eigenvalue weighted by molar-refractivity contribution is 5.21. The molecule has 2 nitrogen and oxygen atoms in total. The van der Waals surface area contributed by atoms with Crippen molar-refractivity contribution in [2.75, 3.05) is 0 Å². The fourth-order valence-electron chi connectivity index (χ4n) is 3.74. The minimum Gasteiger partial charge on any atom is -0.389 e. The van der Waals surface area contributed by atoms with Gasteiger partial charge < -0.3 is 10.2 Å². The van der Waals surface area contributed by atoms with Crippen LogP contribution in [-0.2, 0) is 0 Å². The second kappa shape index (κ2) is 6.72. The van der Waals surface area contributed by atoms with Gasteiger partial charge in [-0.25, -0.2) is 0 Å². The summed E-state index contributed by atoms with van der Waals surface area (Å²) in [5.41, 5.74) is 3.62. The number of rotatable bonds is 0. The van der Waals surface area contributed by atoms with Crippen molar-refractivity contribution in [1.82, 2.24) is 0 Å². The lowest BCUT2D eigenvalue weighted by atomic mass is 9.96. The molecule has 2 aliphatic rings. The van der Waals surface area contributed by atoms with E-state index in [1.54, 1.807) is 0 Å². The van der Waals surface area contributed by atoms with Crippen LogP contribution in [0.5, 0.6) is 0 Å². The average Bonchev–Trinajstić information content (AvgIpc) is 2.98. The Balaban J connectivity index is 2.16. The first-order valence-electron chi connectivity index (χ1n) is 8.61. The van der Waals surface area contributed by atoms with Gasteiger partial charge in [0.2, 0.25) is 0 Å². The zero-order valence-corrected chi connectivity index (χ0v) is 14.6. The first-order chi connectivity index (χ1) is 10.2. The van der Waals surface area contributed by atoms with Gasteiger partial charge in [-0.1, -0.05) is 38.2 Å². The molecule has 22 heavy (non-hydrogen) atoms. The van der Waals surface area contributed by atoms with E-state index in [0.717, 1.165) is 36.8 Å². The fourth-order valence-corrected chi connectivity index (χ4v) is 3.74. The third kappa shape index (κ3) is 3.91. The molecule has 0 saturated heterocycles. The first kappa shape index (κ1) is 17.5. The summed E-state index contributed by atoms with van der Waals surface area (Å²) in [4.78, 5) is 0. The van der Waals surface area contributed by atoms with Crippen LogP contribution in [-0.4, -0.2) is 22.4 Å². The van der Waals surface area contributed by atoms with Crippen LogP contribution in [0, 0.1) is 17.3 Å². The van der Waals surface area contributed by atoms with E-state index < -0.39 is 6.10 Å². The van der Waals surface area contributed by atoms with E-state index in [0.29, 0.717) is 23.7 Å². The Morgan fingerprint density at radius 1 is 1.09 bits per heavy atom. The third-order valence-corrected chi connectivity index (χ3v) is 5.86. The maximum atomic E-state index is 10.3. The van der Waals surface area contributed by atoms with Crippen molar-refractivity contribution in [3.05, 3.63) is 35.5 Å². The summed E-state index contributed by atoms with van der Waals surface area (Å²) in [6.45, 7) is 12.8. The molecule has 124 valence electrons. The van der Waals surface area contributed by atoms with Crippen molar-refractivity contribution in [1.29, 1.82) is 0 Å². The molecule has 2 N–H and O–H groups in total. The summed E-state index contributed by atoms with van der Waals surface area (Å²) in [7, 11) is 0. The lowest BCUT2D eigenvalue weighted by molar-refractivity contribution is 0.195. The van der Waals surface area contributed by atoms with Gasteiger partial charge >= 0.3 is 0 Å². The molecule has 0 aromatic rings. The molecule has 0 heterocycles. The Morgan fingerprint density at radius 2 is 1.77 bits per heavy atom. The van der Waals surface area contributed by atoms with E-state index in [4.69, 9.17) is 0 Å². The van der Waals surface area contributed by atoms with E-state index in [1.807, 2.05) is 6.92 Å². The maximum absolute atomic E-state index is 10.3. The zero-order valence-electron chi connectivity index (χ0n) is 14.6. The molecule has 0 aromatic carbocycles. The Labute approximate surface area is 135 Å². The molecule has 0 aromatic heterocycles. The van der Waals surface area contributed by atoms with Gasteiger partial charge in [0, 0.05) is 0 Å². The van der Waals surface area contributed by atoms with Gasteiger partial charge in [0.15, 0.2) is 0 Å². The van der Waals surface area contributed by atoms with E-state index in [1.165, 1.54) is 5.57 Å². The lowest BCUT2D eigenvalue weighted by Gasteiger charge is -2.15.